The number of carbonyl (C=O) groups is 1. The third kappa shape index (κ3) is 5.63. The molecule has 10 heteroatoms. The molecule has 174 valence electrons. The lowest BCUT2D eigenvalue weighted by atomic mass is 9.97. The molecule has 0 spiro atoms. The summed E-state index contributed by atoms with van der Waals surface area (Å²) in [5.74, 6) is -0.706. The van der Waals surface area contributed by atoms with Gasteiger partial charge in [0.2, 0.25) is 0 Å². The van der Waals surface area contributed by atoms with Gasteiger partial charge < -0.3 is 10.2 Å². The van der Waals surface area contributed by atoms with E-state index in [1.54, 1.807) is 37.2 Å². The number of pyridine rings is 1. The molecule has 0 aliphatic rings. The van der Waals surface area contributed by atoms with Crippen LogP contribution in [0, 0.1) is 0 Å². The first-order valence-electron chi connectivity index (χ1n) is 9.65. The van der Waals surface area contributed by atoms with Crippen LogP contribution in [0.15, 0.2) is 66.9 Å². The van der Waals surface area contributed by atoms with Crippen molar-refractivity contribution in [1.29, 1.82) is 0 Å². The minimum absolute atomic E-state index is 0.0179. The van der Waals surface area contributed by atoms with Gasteiger partial charge >= 0.3 is 12.4 Å². The van der Waals surface area contributed by atoms with E-state index in [1.807, 2.05) is 0 Å². The van der Waals surface area contributed by atoms with E-state index in [2.05, 4.69) is 10.3 Å². The van der Waals surface area contributed by atoms with Gasteiger partial charge in [-0.2, -0.15) is 26.3 Å². The van der Waals surface area contributed by atoms with E-state index in [9.17, 15) is 31.1 Å². The number of nitrogens with one attached hydrogen (secondary N) is 1. The van der Waals surface area contributed by atoms with Gasteiger partial charge in [-0.05, 0) is 48.0 Å². The predicted molar refractivity (Wildman–Crippen MR) is 111 cm³/mol. The van der Waals surface area contributed by atoms with Crippen molar-refractivity contribution in [1.82, 2.24) is 10.3 Å². The molecule has 2 aromatic carbocycles. The molecule has 0 aliphatic carbocycles. The summed E-state index contributed by atoms with van der Waals surface area (Å²) in [5.41, 5.74) is -1.72. The van der Waals surface area contributed by atoms with Gasteiger partial charge in [0.25, 0.3) is 5.91 Å². The molecule has 1 unspecified atom stereocenters. The van der Waals surface area contributed by atoms with E-state index < -0.39 is 41.1 Å². The molecular formula is C23H19F6N3O. The molecule has 1 amide bonds. The number of alkyl halides is 6. The summed E-state index contributed by atoms with van der Waals surface area (Å²) in [6.45, 7) is 0. The SMILES string of the molecule is CN(C)c1cccc(C(=O)NC(c2ccc(C(F)(F)F)cc2)c2ncccc2C(F)(F)F)c1. The average molecular weight is 467 g/mol. The lowest BCUT2D eigenvalue weighted by molar-refractivity contribution is -0.139. The molecule has 0 fully saturated rings. The van der Waals surface area contributed by atoms with E-state index in [4.69, 9.17) is 0 Å². The van der Waals surface area contributed by atoms with Crippen molar-refractivity contribution in [2.75, 3.05) is 19.0 Å². The fourth-order valence-corrected chi connectivity index (χ4v) is 3.20. The van der Waals surface area contributed by atoms with Gasteiger partial charge in [-0.15, -0.1) is 0 Å². The number of anilines is 1. The molecule has 1 heterocycles. The Bertz CT molecular complexity index is 1120. The Morgan fingerprint density at radius 1 is 0.909 bits per heavy atom. The number of carbonyl (C=O) groups excluding carboxylic acids is 1. The van der Waals surface area contributed by atoms with Gasteiger partial charge in [-0.3, -0.25) is 9.78 Å². The molecule has 0 saturated heterocycles. The minimum Gasteiger partial charge on any atom is -0.378 e. The third-order valence-electron chi connectivity index (χ3n) is 4.89. The zero-order chi connectivity index (χ0) is 24.4. The maximum absolute atomic E-state index is 13.6. The maximum Gasteiger partial charge on any atom is 0.418 e. The molecule has 33 heavy (non-hydrogen) atoms. The summed E-state index contributed by atoms with van der Waals surface area (Å²) in [5, 5.41) is 2.50. The highest BCUT2D eigenvalue weighted by Crippen LogP contribution is 2.36. The average Bonchev–Trinajstić information content (AvgIpc) is 2.76. The Balaban J connectivity index is 2.07. The monoisotopic (exact) mass is 467 g/mol. The second-order valence-electron chi connectivity index (χ2n) is 7.40. The maximum atomic E-state index is 13.6. The highest BCUT2D eigenvalue weighted by atomic mass is 19.4. The van der Waals surface area contributed by atoms with Crippen LogP contribution in [0.3, 0.4) is 0 Å². The quantitative estimate of drug-likeness (QED) is 0.490. The Hall–Kier alpha value is -3.56. The largest absolute Gasteiger partial charge is 0.418 e. The van der Waals surface area contributed by atoms with Gasteiger partial charge in [-0.1, -0.05) is 18.2 Å². The number of amides is 1. The highest BCUT2D eigenvalue weighted by molar-refractivity contribution is 5.95. The molecule has 1 atom stereocenters. The molecule has 0 bridgehead atoms. The standard InChI is InChI=1S/C23H19F6N3O/c1-32(2)17-6-3-5-15(13-17)21(33)31-19(14-8-10-16(11-9-14)22(24,25)26)20-18(23(27,28)29)7-4-12-30-20/h3-13,19H,1-2H3,(H,31,33). The molecule has 0 radical (unpaired) electrons. The van der Waals surface area contributed by atoms with Crippen LogP contribution < -0.4 is 10.2 Å². The van der Waals surface area contributed by atoms with Crippen LogP contribution in [0.2, 0.25) is 0 Å². The van der Waals surface area contributed by atoms with Crippen molar-refractivity contribution in [3.63, 3.8) is 0 Å². The molecule has 0 saturated carbocycles. The summed E-state index contributed by atoms with van der Waals surface area (Å²) >= 11 is 0. The third-order valence-corrected chi connectivity index (χ3v) is 4.89. The molecule has 0 aliphatic heterocycles. The highest BCUT2D eigenvalue weighted by Gasteiger charge is 2.37. The summed E-state index contributed by atoms with van der Waals surface area (Å²) in [4.78, 5) is 18.5. The molecular weight excluding hydrogens is 448 g/mol. The number of halogens is 6. The van der Waals surface area contributed by atoms with Crippen molar-refractivity contribution < 1.29 is 31.1 Å². The molecule has 1 aromatic heterocycles. The Kier molecular flexibility index (Phi) is 6.66. The number of hydrogen-bond donors (Lipinski definition) is 1. The van der Waals surface area contributed by atoms with Gasteiger partial charge in [0.1, 0.15) is 0 Å². The van der Waals surface area contributed by atoms with Crippen LogP contribution in [0.25, 0.3) is 0 Å². The Labute approximate surface area is 185 Å². The number of hydrogen-bond acceptors (Lipinski definition) is 3. The smallest absolute Gasteiger partial charge is 0.378 e. The second-order valence-corrected chi connectivity index (χ2v) is 7.40. The lowest BCUT2D eigenvalue weighted by Crippen LogP contribution is -2.32. The van der Waals surface area contributed by atoms with Crippen LogP contribution in [-0.2, 0) is 12.4 Å². The summed E-state index contributed by atoms with van der Waals surface area (Å²) in [6, 6.07) is 10.4. The van der Waals surface area contributed by atoms with Gasteiger partial charge in [0.15, 0.2) is 0 Å². The zero-order valence-electron chi connectivity index (χ0n) is 17.5. The van der Waals surface area contributed by atoms with Crippen molar-refractivity contribution >= 4 is 11.6 Å². The normalized spacial score (nSPS) is 12.8. The summed E-state index contributed by atoms with van der Waals surface area (Å²) in [6.07, 6.45) is -8.28. The molecule has 3 rings (SSSR count). The number of aromatic nitrogens is 1. The van der Waals surface area contributed by atoms with E-state index in [-0.39, 0.29) is 11.1 Å². The zero-order valence-corrected chi connectivity index (χ0v) is 17.5. The molecule has 3 aromatic rings. The first-order valence-corrected chi connectivity index (χ1v) is 9.65. The summed E-state index contributed by atoms with van der Waals surface area (Å²) in [7, 11) is 3.51. The fraction of sp³-hybridized carbons (Fsp3) is 0.217. The first kappa shape index (κ1) is 24.1. The van der Waals surface area contributed by atoms with Gasteiger partial charge in [-0.25, -0.2) is 0 Å². The van der Waals surface area contributed by atoms with Crippen molar-refractivity contribution in [2.45, 2.75) is 18.4 Å². The van der Waals surface area contributed by atoms with Crippen molar-refractivity contribution in [3.05, 3.63) is 94.8 Å². The van der Waals surface area contributed by atoms with Crippen LogP contribution in [0.4, 0.5) is 32.0 Å². The number of rotatable bonds is 5. The molecule has 4 nitrogen and oxygen atoms in total. The summed E-state index contributed by atoms with van der Waals surface area (Å²) < 4.78 is 79.8. The van der Waals surface area contributed by atoms with Crippen molar-refractivity contribution in [3.8, 4) is 0 Å². The van der Waals surface area contributed by atoms with Crippen LogP contribution in [-0.4, -0.2) is 25.0 Å². The van der Waals surface area contributed by atoms with E-state index in [0.717, 1.165) is 42.6 Å². The Morgan fingerprint density at radius 3 is 2.15 bits per heavy atom. The van der Waals surface area contributed by atoms with Crippen LogP contribution >= 0.6 is 0 Å². The number of nitrogens with zero attached hydrogens (tertiary/aromatic N) is 2. The second kappa shape index (κ2) is 9.13. The molecule has 1 N–H and O–H groups in total. The topological polar surface area (TPSA) is 45.2 Å². The van der Waals surface area contributed by atoms with Gasteiger partial charge in [0, 0.05) is 31.5 Å². The first-order chi connectivity index (χ1) is 15.4. The predicted octanol–water partition coefficient (Wildman–Crippen LogP) is 5.70. The van der Waals surface area contributed by atoms with Crippen molar-refractivity contribution in [2.24, 2.45) is 0 Å². The minimum atomic E-state index is -4.79. The van der Waals surface area contributed by atoms with E-state index >= 15 is 0 Å². The van der Waals surface area contributed by atoms with Crippen LogP contribution in [0.5, 0.6) is 0 Å². The Morgan fingerprint density at radius 2 is 1.58 bits per heavy atom. The van der Waals surface area contributed by atoms with Gasteiger partial charge in [0.05, 0.1) is 22.9 Å². The fourth-order valence-electron chi connectivity index (χ4n) is 3.20. The van der Waals surface area contributed by atoms with E-state index in [0.29, 0.717) is 5.69 Å². The number of benzene rings is 2. The van der Waals surface area contributed by atoms with Crippen LogP contribution in [0.1, 0.15) is 38.8 Å². The lowest BCUT2D eigenvalue weighted by Gasteiger charge is -2.23. The van der Waals surface area contributed by atoms with E-state index in [1.165, 1.54) is 6.07 Å².